The van der Waals surface area contributed by atoms with Crippen LogP contribution in [0.25, 0.3) is 0 Å². The lowest BCUT2D eigenvalue weighted by Gasteiger charge is -2.31. The SMILES string of the molecule is CC1=NO[C@@](C)(C(=O)NCc2cccnc2N2CCc3ccccc3C2)C1. The zero-order valence-corrected chi connectivity index (χ0v) is 15.7. The first-order chi connectivity index (χ1) is 13.0. The number of benzene rings is 1. The fraction of sp³-hybridized carbons (Fsp3) is 0.381. The molecular formula is C21H24N4O2. The van der Waals surface area contributed by atoms with Gasteiger partial charge in [0.25, 0.3) is 5.91 Å². The molecule has 3 heterocycles. The van der Waals surface area contributed by atoms with Crippen molar-refractivity contribution in [3.05, 3.63) is 59.3 Å². The normalized spacial score (nSPS) is 21.3. The zero-order chi connectivity index (χ0) is 18.9. The molecule has 4 rings (SSSR count). The largest absolute Gasteiger partial charge is 0.379 e. The van der Waals surface area contributed by atoms with E-state index in [1.54, 1.807) is 13.1 Å². The highest BCUT2D eigenvalue weighted by Gasteiger charge is 2.40. The minimum Gasteiger partial charge on any atom is -0.379 e. The average Bonchev–Trinajstić information content (AvgIpc) is 3.06. The number of rotatable bonds is 4. The van der Waals surface area contributed by atoms with Gasteiger partial charge in [0.05, 0.1) is 5.71 Å². The molecule has 0 bridgehead atoms. The van der Waals surface area contributed by atoms with Gasteiger partial charge in [-0.15, -0.1) is 0 Å². The highest BCUT2D eigenvalue weighted by molar-refractivity contribution is 5.94. The second-order valence-corrected chi connectivity index (χ2v) is 7.43. The smallest absolute Gasteiger partial charge is 0.267 e. The summed E-state index contributed by atoms with van der Waals surface area (Å²) in [6.07, 6.45) is 3.32. The number of anilines is 1. The fourth-order valence-corrected chi connectivity index (χ4v) is 3.75. The molecule has 0 aliphatic carbocycles. The van der Waals surface area contributed by atoms with Crippen molar-refractivity contribution >= 4 is 17.4 Å². The van der Waals surface area contributed by atoms with Crippen molar-refractivity contribution < 1.29 is 9.63 Å². The highest BCUT2D eigenvalue weighted by Crippen LogP contribution is 2.27. The Morgan fingerprint density at radius 2 is 2.07 bits per heavy atom. The predicted molar refractivity (Wildman–Crippen MR) is 104 cm³/mol. The summed E-state index contributed by atoms with van der Waals surface area (Å²) in [7, 11) is 0. The summed E-state index contributed by atoms with van der Waals surface area (Å²) in [5, 5.41) is 6.91. The van der Waals surface area contributed by atoms with Gasteiger partial charge in [-0.05, 0) is 37.5 Å². The van der Waals surface area contributed by atoms with E-state index in [2.05, 4.69) is 44.6 Å². The topological polar surface area (TPSA) is 66.8 Å². The van der Waals surface area contributed by atoms with Crippen LogP contribution < -0.4 is 10.2 Å². The van der Waals surface area contributed by atoms with Gasteiger partial charge in [0, 0.05) is 37.8 Å². The predicted octanol–water partition coefficient (Wildman–Crippen LogP) is 2.82. The third kappa shape index (κ3) is 3.52. The van der Waals surface area contributed by atoms with Crippen molar-refractivity contribution in [2.75, 3.05) is 11.4 Å². The van der Waals surface area contributed by atoms with Crippen LogP contribution in [0, 0.1) is 0 Å². The quantitative estimate of drug-likeness (QED) is 0.906. The van der Waals surface area contributed by atoms with E-state index >= 15 is 0 Å². The molecule has 0 saturated heterocycles. The van der Waals surface area contributed by atoms with Crippen LogP contribution in [0.15, 0.2) is 47.8 Å². The van der Waals surface area contributed by atoms with Crippen LogP contribution in [0.1, 0.15) is 37.0 Å². The van der Waals surface area contributed by atoms with Crippen LogP contribution in [-0.4, -0.2) is 28.7 Å². The number of fused-ring (bicyclic) bond motifs is 1. The Morgan fingerprint density at radius 1 is 1.26 bits per heavy atom. The summed E-state index contributed by atoms with van der Waals surface area (Å²) in [6, 6.07) is 12.5. The molecule has 27 heavy (non-hydrogen) atoms. The molecule has 6 nitrogen and oxygen atoms in total. The average molecular weight is 364 g/mol. The second-order valence-electron chi connectivity index (χ2n) is 7.43. The Balaban J connectivity index is 1.47. The Kier molecular flexibility index (Phi) is 4.56. The van der Waals surface area contributed by atoms with Crippen LogP contribution in [-0.2, 0) is 29.1 Å². The van der Waals surface area contributed by atoms with Crippen molar-refractivity contribution in [1.82, 2.24) is 10.3 Å². The molecule has 1 N–H and O–H groups in total. The van der Waals surface area contributed by atoms with E-state index in [0.717, 1.165) is 36.6 Å². The Bertz CT molecular complexity index is 895. The van der Waals surface area contributed by atoms with Crippen LogP contribution in [0.5, 0.6) is 0 Å². The maximum absolute atomic E-state index is 12.6. The number of carbonyl (C=O) groups excluding carboxylic acids is 1. The van der Waals surface area contributed by atoms with E-state index in [-0.39, 0.29) is 5.91 Å². The van der Waals surface area contributed by atoms with Gasteiger partial charge >= 0.3 is 0 Å². The first-order valence-electron chi connectivity index (χ1n) is 9.31. The molecule has 0 radical (unpaired) electrons. The summed E-state index contributed by atoms with van der Waals surface area (Å²) in [5.74, 6) is 0.777. The number of pyridine rings is 1. The molecule has 1 aromatic heterocycles. The fourth-order valence-electron chi connectivity index (χ4n) is 3.75. The molecule has 0 fully saturated rings. The van der Waals surface area contributed by atoms with Gasteiger partial charge in [0.2, 0.25) is 5.60 Å². The molecule has 1 atom stereocenters. The van der Waals surface area contributed by atoms with Crippen LogP contribution in [0.4, 0.5) is 5.82 Å². The van der Waals surface area contributed by atoms with Crippen molar-refractivity contribution in [1.29, 1.82) is 0 Å². The monoisotopic (exact) mass is 364 g/mol. The Labute approximate surface area is 159 Å². The maximum atomic E-state index is 12.6. The van der Waals surface area contributed by atoms with Gasteiger partial charge in [0.1, 0.15) is 5.82 Å². The second kappa shape index (κ2) is 7.02. The molecule has 0 spiro atoms. The summed E-state index contributed by atoms with van der Waals surface area (Å²) in [5.41, 5.74) is 3.66. The molecule has 0 saturated carbocycles. The van der Waals surface area contributed by atoms with E-state index in [4.69, 9.17) is 4.84 Å². The molecule has 1 amide bonds. The van der Waals surface area contributed by atoms with Crippen LogP contribution >= 0.6 is 0 Å². The Hall–Kier alpha value is -2.89. The molecule has 2 aromatic rings. The third-order valence-electron chi connectivity index (χ3n) is 5.21. The maximum Gasteiger partial charge on any atom is 0.267 e. The molecule has 2 aliphatic rings. The molecule has 6 heteroatoms. The summed E-state index contributed by atoms with van der Waals surface area (Å²) in [6.45, 7) is 5.81. The first kappa shape index (κ1) is 17.5. The standard InChI is InChI=1S/C21H24N4O2/c1-15-12-21(2,27-24-15)20(26)23-13-17-8-5-10-22-19(17)25-11-9-16-6-3-4-7-18(16)14-25/h3-8,10H,9,11-14H2,1-2H3,(H,23,26)/t21-/m1/s1. The van der Waals surface area contributed by atoms with Gasteiger partial charge in [-0.25, -0.2) is 4.98 Å². The number of hydrogen-bond donors (Lipinski definition) is 1. The molecule has 0 unspecified atom stereocenters. The lowest BCUT2D eigenvalue weighted by molar-refractivity contribution is -0.141. The van der Waals surface area contributed by atoms with Gasteiger partial charge in [-0.3, -0.25) is 4.79 Å². The highest BCUT2D eigenvalue weighted by atomic mass is 16.7. The third-order valence-corrected chi connectivity index (χ3v) is 5.21. The van der Waals surface area contributed by atoms with Crippen molar-refractivity contribution in [2.45, 2.75) is 45.4 Å². The van der Waals surface area contributed by atoms with Gasteiger partial charge in [-0.1, -0.05) is 35.5 Å². The number of nitrogens with zero attached hydrogens (tertiary/aromatic N) is 3. The lowest BCUT2D eigenvalue weighted by Crippen LogP contribution is -2.44. The Morgan fingerprint density at radius 3 is 2.85 bits per heavy atom. The zero-order valence-electron chi connectivity index (χ0n) is 15.7. The molecule has 2 aliphatic heterocycles. The van der Waals surface area contributed by atoms with Crippen molar-refractivity contribution in [3.63, 3.8) is 0 Å². The number of nitrogens with one attached hydrogen (secondary N) is 1. The minimum absolute atomic E-state index is 0.151. The number of amides is 1. The van der Waals surface area contributed by atoms with Crippen LogP contribution in [0.2, 0.25) is 0 Å². The number of aromatic nitrogens is 1. The summed E-state index contributed by atoms with van der Waals surface area (Å²) >= 11 is 0. The van der Waals surface area contributed by atoms with E-state index in [9.17, 15) is 4.79 Å². The van der Waals surface area contributed by atoms with E-state index in [0.29, 0.717) is 13.0 Å². The van der Waals surface area contributed by atoms with E-state index in [1.165, 1.54) is 11.1 Å². The molecule has 1 aromatic carbocycles. The van der Waals surface area contributed by atoms with Gasteiger partial charge in [0.15, 0.2) is 0 Å². The van der Waals surface area contributed by atoms with E-state index in [1.807, 2.05) is 19.1 Å². The van der Waals surface area contributed by atoms with Gasteiger partial charge in [-0.2, -0.15) is 0 Å². The van der Waals surface area contributed by atoms with Crippen molar-refractivity contribution in [2.24, 2.45) is 5.16 Å². The first-order valence-corrected chi connectivity index (χ1v) is 9.31. The van der Waals surface area contributed by atoms with E-state index < -0.39 is 5.60 Å². The summed E-state index contributed by atoms with van der Waals surface area (Å²) < 4.78 is 0. The molecule has 140 valence electrons. The number of hydrogen-bond acceptors (Lipinski definition) is 5. The lowest BCUT2D eigenvalue weighted by atomic mass is 9.99. The summed E-state index contributed by atoms with van der Waals surface area (Å²) in [4.78, 5) is 24.8. The number of carbonyl (C=O) groups is 1. The molecular weight excluding hydrogens is 340 g/mol. The number of oxime groups is 1. The van der Waals surface area contributed by atoms with Gasteiger partial charge < -0.3 is 15.1 Å². The van der Waals surface area contributed by atoms with Crippen molar-refractivity contribution in [3.8, 4) is 0 Å². The minimum atomic E-state index is -0.920. The van der Waals surface area contributed by atoms with Crippen LogP contribution in [0.3, 0.4) is 0 Å².